The number of carbonyl (C=O) groups excluding carboxylic acids is 2. The van der Waals surface area contributed by atoms with Gasteiger partial charge in [-0.25, -0.2) is 4.79 Å². The van der Waals surface area contributed by atoms with Crippen LogP contribution in [0.15, 0.2) is 48.5 Å². The number of amides is 2. The van der Waals surface area contributed by atoms with Crippen LogP contribution in [0, 0.1) is 10.1 Å². The van der Waals surface area contributed by atoms with Gasteiger partial charge in [-0.2, -0.15) is 0 Å². The Hall–Kier alpha value is -3.66. The van der Waals surface area contributed by atoms with E-state index in [1.807, 2.05) is 30.3 Å². The van der Waals surface area contributed by atoms with Crippen molar-refractivity contribution in [1.82, 2.24) is 5.32 Å². The van der Waals surface area contributed by atoms with Gasteiger partial charge in [-0.15, -0.1) is 0 Å². The Morgan fingerprint density at radius 3 is 2.41 bits per heavy atom. The third-order valence-electron chi connectivity index (χ3n) is 4.05. The molecule has 0 heterocycles. The molecule has 0 saturated carbocycles. The van der Waals surface area contributed by atoms with Gasteiger partial charge in [0.25, 0.3) is 0 Å². The molecule has 0 spiro atoms. The number of rotatable bonds is 9. The average Bonchev–Trinajstić information content (AvgIpc) is 2.72. The van der Waals surface area contributed by atoms with E-state index in [2.05, 4.69) is 10.6 Å². The van der Waals surface area contributed by atoms with E-state index in [1.54, 1.807) is 20.8 Å². The highest BCUT2D eigenvalue weighted by molar-refractivity contribution is 5.97. The fraction of sp³-hybridized carbons (Fsp3) is 0.364. The van der Waals surface area contributed by atoms with Gasteiger partial charge in [-0.3, -0.25) is 14.9 Å². The van der Waals surface area contributed by atoms with Crippen molar-refractivity contribution in [3.63, 3.8) is 0 Å². The van der Waals surface area contributed by atoms with E-state index in [0.29, 0.717) is 0 Å². The first-order valence-corrected chi connectivity index (χ1v) is 9.83. The van der Waals surface area contributed by atoms with E-state index in [0.717, 1.165) is 5.56 Å². The van der Waals surface area contributed by atoms with Crippen LogP contribution in [0.1, 0.15) is 26.3 Å². The van der Waals surface area contributed by atoms with Crippen molar-refractivity contribution in [1.29, 1.82) is 0 Å². The number of nitrogens with one attached hydrogen (secondary N) is 2. The molecule has 0 bridgehead atoms. The van der Waals surface area contributed by atoms with Gasteiger partial charge in [0.1, 0.15) is 11.6 Å². The van der Waals surface area contributed by atoms with Crippen LogP contribution in [0.2, 0.25) is 0 Å². The molecular formula is C22H27N3O7. The van der Waals surface area contributed by atoms with E-state index in [4.69, 9.17) is 14.2 Å². The lowest BCUT2D eigenvalue weighted by molar-refractivity contribution is -0.385. The minimum absolute atomic E-state index is 0.0580. The molecular weight excluding hydrogens is 418 g/mol. The number of nitro benzene ring substituents is 1. The van der Waals surface area contributed by atoms with Crippen LogP contribution in [0.3, 0.4) is 0 Å². The van der Waals surface area contributed by atoms with Crippen molar-refractivity contribution in [3.05, 3.63) is 64.2 Å². The van der Waals surface area contributed by atoms with Crippen molar-refractivity contribution in [2.24, 2.45) is 0 Å². The second kappa shape index (κ2) is 11.1. The number of methoxy groups -OCH3 is 1. The first-order valence-electron chi connectivity index (χ1n) is 9.83. The highest BCUT2D eigenvalue weighted by Gasteiger charge is 2.26. The van der Waals surface area contributed by atoms with Crippen molar-refractivity contribution >= 4 is 23.4 Å². The van der Waals surface area contributed by atoms with Gasteiger partial charge >= 0.3 is 11.8 Å². The lowest BCUT2D eigenvalue weighted by Gasteiger charge is -2.23. The van der Waals surface area contributed by atoms with Crippen molar-refractivity contribution < 1.29 is 28.7 Å². The third kappa shape index (κ3) is 7.88. The molecule has 10 heteroatoms. The normalized spacial score (nSPS) is 11.9. The van der Waals surface area contributed by atoms with E-state index in [-0.39, 0.29) is 30.3 Å². The molecule has 172 valence electrons. The van der Waals surface area contributed by atoms with Gasteiger partial charge in [0.05, 0.1) is 25.2 Å². The number of carbonyl (C=O) groups is 2. The minimum Gasteiger partial charge on any atom is -0.490 e. The summed E-state index contributed by atoms with van der Waals surface area (Å²) < 4.78 is 15.8. The van der Waals surface area contributed by atoms with Crippen LogP contribution in [-0.4, -0.2) is 42.3 Å². The molecule has 1 unspecified atom stereocenters. The van der Waals surface area contributed by atoms with E-state index in [1.165, 1.54) is 25.3 Å². The first kappa shape index (κ1) is 24.6. The van der Waals surface area contributed by atoms with Gasteiger partial charge in [0, 0.05) is 11.8 Å². The molecule has 0 fully saturated rings. The molecule has 0 saturated heterocycles. The molecule has 2 amide bonds. The van der Waals surface area contributed by atoms with Crippen molar-refractivity contribution in [2.75, 3.05) is 19.0 Å². The summed E-state index contributed by atoms with van der Waals surface area (Å²) in [6, 6.07) is 12.2. The molecule has 2 N–H and O–H groups in total. The van der Waals surface area contributed by atoms with Crippen LogP contribution < -0.4 is 15.4 Å². The zero-order valence-corrected chi connectivity index (χ0v) is 18.4. The van der Waals surface area contributed by atoms with Crippen LogP contribution in [-0.2, 0) is 20.9 Å². The lowest BCUT2D eigenvalue weighted by Crippen LogP contribution is -2.48. The third-order valence-corrected chi connectivity index (χ3v) is 4.05. The van der Waals surface area contributed by atoms with E-state index < -0.39 is 28.6 Å². The van der Waals surface area contributed by atoms with Gasteiger partial charge in [-0.1, -0.05) is 30.3 Å². The Morgan fingerprint density at radius 1 is 1.12 bits per heavy atom. The topological polar surface area (TPSA) is 129 Å². The molecule has 1 atom stereocenters. The monoisotopic (exact) mass is 445 g/mol. The molecule has 0 aliphatic rings. The lowest BCUT2D eigenvalue weighted by atomic mass is 10.2. The molecule has 0 aliphatic heterocycles. The number of ether oxygens (including phenoxy) is 3. The number of alkyl carbamates (subject to hydrolysis) is 1. The average molecular weight is 445 g/mol. The number of nitro groups is 1. The summed E-state index contributed by atoms with van der Waals surface area (Å²) >= 11 is 0. The highest BCUT2D eigenvalue weighted by atomic mass is 16.6. The van der Waals surface area contributed by atoms with Crippen molar-refractivity contribution in [2.45, 2.75) is 39.0 Å². The summed E-state index contributed by atoms with van der Waals surface area (Å²) in [5.74, 6) is -0.564. The maximum atomic E-state index is 12.8. The second-order valence-corrected chi connectivity index (χ2v) is 7.83. The summed E-state index contributed by atoms with van der Waals surface area (Å²) in [5, 5.41) is 16.3. The molecule has 0 aromatic heterocycles. The number of benzene rings is 2. The Bertz CT molecular complexity index is 942. The predicted octanol–water partition coefficient (Wildman–Crippen LogP) is 3.65. The van der Waals surface area contributed by atoms with E-state index in [9.17, 15) is 19.7 Å². The Balaban J connectivity index is 2.12. The first-order chi connectivity index (χ1) is 15.1. The number of hydrogen-bond donors (Lipinski definition) is 2. The van der Waals surface area contributed by atoms with Crippen LogP contribution in [0.25, 0.3) is 0 Å². The number of hydrogen-bond acceptors (Lipinski definition) is 7. The summed E-state index contributed by atoms with van der Waals surface area (Å²) in [4.78, 5) is 35.6. The fourth-order valence-electron chi connectivity index (χ4n) is 2.64. The van der Waals surface area contributed by atoms with Crippen LogP contribution in [0.5, 0.6) is 5.75 Å². The molecule has 2 aromatic rings. The quantitative estimate of drug-likeness (QED) is 0.445. The van der Waals surface area contributed by atoms with E-state index >= 15 is 0 Å². The summed E-state index contributed by atoms with van der Waals surface area (Å²) in [5.41, 5.74) is 0.00519. The predicted molar refractivity (Wildman–Crippen MR) is 118 cm³/mol. The van der Waals surface area contributed by atoms with Crippen LogP contribution in [0.4, 0.5) is 16.2 Å². The largest absolute Gasteiger partial charge is 0.490 e. The summed E-state index contributed by atoms with van der Waals surface area (Å²) in [6.45, 7) is 5.19. The Morgan fingerprint density at radius 2 is 1.81 bits per heavy atom. The molecule has 2 rings (SSSR count). The van der Waals surface area contributed by atoms with Gasteiger partial charge in [0.15, 0.2) is 5.75 Å². The molecule has 0 radical (unpaired) electrons. The molecule has 32 heavy (non-hydrogen) atoms. The fourth-order valence-corrected chi connectivity index (χ4v) is 2.64. The zero-order valence-electron chi connectivity index (χ0n) is 18.4. The van der Waals surface area contributed by atoms with Crippen LogP contribution >= 0.6 is 0 Å². The van der Waals surface area contributed by atoms with Gasteiger partial charge in [-0.05, 0) is 38.5 Å². The number of anilines is 1. The summed E-state index contributed by atoms with van der Waals surface area (Å²) in [7, 11) is 1.31. The summed E-state index contributed by atoms with van der Waals surface area (Å²) in [6.07, 6.45) is -0.790. The maximum absolute atomic E-state index is 12.8. The molecule has 10 nitrogen and oxygen atoms in total. The minimum atomic E-state index is -1.10. The molecule has 2 aromatic carbocycles. The maximum Gasteiger partial charge on any atom is 0.408 e. The Kier molecular flexibility index (Phi) is 8.54. The standard InChI is InChI=1S/C22H27N3O7/c1-22(2,3)32-21(27)24-17(14-31-13-15-8-6-5-7-9-15)20(26)23-16-10-11-19(30-4)18(12-16)25(28)29/h5-12,17H,13-14H2,1-4H3,(H,23,26)(H,24,27). The molecule has 0 aliphatic carbocycles. The van der Waals surface area contributed by atoms with Gasteiger partial charge in [0.2, 0.25) is 5.91 Å². The van der Waals surface area contributed by atoms with Gasteiger partial charge < -0.3 is 24.8 Å². The second-order valence-electron chi connectivity index (χ2n) is 7.83. The Labute approximate surface area is 186 Å². The highest BCUT2D eigenvalue weighted by Crippen LogP contribution is 2.29. The SMILES string of the molecule is COc1ccc(NC(=O)C(COCc2ccccc2)NC(=O)OC(C)(C)C)cc1[N+](=O)[O-]. The zero-order chi connectivity index (χ0) is 23.7. The van der Waals surface area contributed by atoms with Crippen molar-refractivity contribution in [3.8, 4) is 5.75 Å². The number of nitrogens with zero attached hydrogens (tertiary/aromatic N) is 1. The smallest absolute Gasteiger partial charge is 0.408 e.